The van der Waals surface area contributed by atoms with Crippen molar-refractivity contribution in [2.45, 2.75) is 26.4 Å². The van der Waals surface area contributed by atoms with Crippen LogP contribution in [0.5, 0.6) is 0 Å². The molecule has 1 aliphatic rings. The van der Waals surface area contributed by atoms with E-state index in [2.05, 4.69) is 23.8 Å². The first-order valence-corrected chi connectivity index (χ1v) is 3.38. The van der Waals surface area contributed by atoms with Gasteiger partial charge >= 0.3 is 0 Å². The fourth-order valence-electron chi connectivity index (χ4n) is 0.633. The van der Waals surface area contributed by atoms with Gasteiger partial charge in [-0.25, -0.2) is 9.98 Å². The highest BCUT2D eigenvalue weighted by molar-refractivity contribution is 5.66. The maximum Gasteiger partial charge on any atom is 0.180 e. The van der Waals surface area contributed by atoms with Crippen molar-refractivity contribution in [3.05, 3.63) is 0 Å². The van der Waals surface area contributed by atoms with Crippen LogP contribution in [0.2, 0.25) is 0 Å². The van der Waals surface area contributed by atoms with E-state index in [0.29, 0.717) is 5.92 Å². The van der Waals surface area contributed by atoms with Gasteiger partial charge in [0.25, 0.3) is 0 Å². The molecule has 0 atom stereocenters. The molecule has 1 aliphatic heterocycles. The number of nitrogens with zero attached hydrogens (tertiary/aromatic N) is 2. The van der Waals surface area contributed by atoms with Crippen molar-refractivity contribution < 1.29 is 4.74 Å². The maximum absolute atomic E-state index is 4.73. The molecule has 0 unspecified atom stereocenters. The van der Waals surface area contributed by atoms with Crippen LogP contribution in [-0.2, 0) is 4.74 Å². The zero-order valence-corrected chi connectivity index (χ0v) is 6.53. The molecule has 0 amide bonds. The van der Waals surface area contributed by atoms with Crippen LogP contribution in [0, 0.1) is 5.92 Å². The van der Waals surface area contributed by atoms with Crippen LogP contribution in [-0.4, -0.2) is 18.5 Å². The third-order valence-corrected chi connectivity index (χ3v) is 1.84. The van der Waals surface area contributed by atoms with Crippen molar-refractivity contribution >= 4 is 12.8 Å². The van der Waals surface area contributed by atoms with Gasteiger partial charge in [-0.2, -0.15) is 0 Å². The molecule has 0 radical (unpaired) electrons. The molecule has 1 rings (SSSR count). The number of ether oxygens (including phenoxy) is 1. The average molecular weight is 140 g/mol. The molecule has 3 nitrogen and oxygen atoms in total. The molecule has 0 N–H and O–H groups in total. The molecule has 0 bridgehead atoms. The van der Waals surface area contributed by atoms with Crippen LogP contribution >= 0.6 is 0 Å². The summed E-state index contributed by atoms with van der Waals surface area (Å²) in [6.45, 7) is 6.15. The summed E-state index contributed by atoms with van der Waals surface area (Å²) >= 11 is 0. The van der Waals surface area contributed by atoms with E-state index in [1.165, 1.54) is 12.8 Å². The summed E-state index contributed by atoms with van der Waals surface area (Å²) < 4.78 is 4.73. The maximum atomic E-state index is 4.73. The summed E-state index contributed by atoms with van der Waals surface area (Å²) in [5, 5.41) is 0. The highest BCUT2D eigenvalue weighted by Gasteiger charge is 2.26. The van der Waals surface area contributed by atoms with Crippen LogP contribution in [0.4, 0.5) is 0 Å². The quantitative estimate of drug-likeness (QED) is 0.542. The van der Waals surface area contributed by atoms with Gasteiger partial charge in [0.15, 0.2) is 18.5 Å². The standard InChI is InChI=1S/C7H12N2O/c1-6(2)7(3)8-4-10-5-9-7/h4-6H,1-3H3. The van der Waals surface area contributed by atoms with Gasteiger partial charge in [0.2, 0.25) is 0 Å². The summed E-state index contributed by atoms with van der Waals surface area (Å²) in [7, 11) is 0. The third kappa shape index (κ3) is 1.17. The van der Waals surface area contributed by atoms with Crippen molar-refractivity contribution in [3.63, 3.8) is 0 Å². The van der Waals surface area contributed by atoms with Gasteiger partial charge in [-0.05, 0) is 12.8 Å². The lowest BCUT2D eigenvalue weighted by molar-refractivity contribution is 0.336. The second-order valence-electron chi connectivity index (χ2n) is 2.85. The van der Waals surface area contributed by atoms with E-state index in [1.54, 1.807) is 0 Å². The molecule has 0 aliphatic carbocycles. The average Bonchev–Trinajstić information content (AvgIpc) is 1.89. The molecule has 3 heteroatoms. The Labute approximate surface area is 60.8 Å². The number of aliphatic imine (C=N–C) groups is 2. The molecular formula is C7H12N2O. The molecular weight excluding hydrogens is 128 g/mol. The van der Waals surface area contributed by atoms with Crippen molar-refractivity contribution in [1.82, 2.24) is 0 Å². The van der Waals surface area contributed by atoms with E-state index in [0.717, 1.165) is 0 Å². The van der Waals surface area contributed by atoms with Gasteiger partial charge in [-0.1, -0.05) is 13.8 Å². The molecule has 0 saturated heterocycles. The molecule has 56 valence electrons. The smallest absolute Gasteiger partial charge is 0.180 e. The van der Waals surface area contributed by atoms with Gasteiger partial charge in [0.1, 0.15) is 0 Å². The summed E-state index contributed by atoms with van der Waals surface area (Å²) in [5.41, 5.74) is -0.307. The molecule has 0 aromatic heterocycles. The fraction of sp³-hybridized carbons (Fsp3) is 0.714. The molecule has 0 aromatic carbocycles. The van der Waals surface area contributed by atoms with E-state index in [4.69, 9.17) is 4.74 Å². The predicted molar refractivity (Wildman–Crippen MR) is 41.3 cm³/mol. The van der Waals surface area contributed by atoms with Gasteiger partial charge in [-0.3, -0.25) is 0 Å². The lowest BCUT2D eigenvalue weighted by Crippen LogP contribution is -2.29. The Hall–Kier alpha value is -0.860. The highest BCUT2D eigenvalue weighted by Crippen LogP contribution is 2.23. The van der Waals surface area contributed by atoms with Crippen LogP contribution in [0.15, 0.2) is 9.98 Å². The summed E-state index contributed by atoms with van der Waals surface area (Å²) in [5.74, 6) is 0.406. The molecule has 10 heavy (non-hydrogen) atoms. The second-order valence-corrected chi connectivity index (χ2v) is 2.85. The van der Waals surface area contributed by atoms with Crippen LogP contribution in [0.3, 0.4) is 0 Å². The Morgan fingerprint density at radius 2 is 1.80 bits per heavy atom. The summed E-state index contributed by atoms with van der Waals surface area (Å²) in [4.78, 5) is 8.23. The van der Waals surface area contributed by atoms with Gasteiger partial charge in [-0.15, -0.1) is 0 Å². The van der Waals surface area contributed by atoms with E-state index in [9.17, 15) is 0 Å². The Morgan fingerprint density at radius 1 is 1.30 bits per heavy atom. The fourth-order valence-corrected chi connectivity index (χ4v) is 0.633. The number of rotatable bonds is 1. The van der Waals surface area contributed by atoms with Crippen LogP contribution in [0.1, 0.15) is 20.8 Å². The minimum absolute atomic E-state index is 0.307. The lowest BCUT2D eigenvalue weighted by atomic mass is 10.00. The zero-order chi connectivity index (χ0) is 7.61. The van der Waals surface area contributed by atoms with E-state index in [1.807, 2.05) is 6.92 Å². The predicted octanol–water partition coefficient (Wildman–Crippen LogP) is 1.45. The van der Waals surface area contributed by atoms with Gasteiger partial charge in [0, 0.05) is 0 Å². The minimum Gasteiger partial charge on any atom is -0.435 e. The Morgan fingerprint density at radius 3 is 2.10 bits per heavy atom. The van der Waals surface area contributed by atoms with Crippen molar-refractivity contribution in [2.24, 2.45) is 15.9 Å². The van der Waals surface area contributed by atoms with Crippen molar-refractivity contribution in [3.8, 4) is 0 Å². The Bertz CT molecular complexity index is 160. The first kappa shape index (κ1) is 7.25. The summed E-state index contributed by atoms with van der Waals surface area (Å²) in [6.07, 6.45) is 2.88. The molecule has 0 aromatic rings. The topological polar surface area (TPSA) is 34.0 Å². The van der Waals surface area contributed by atoms with Crippen molar-refractivity contribution in [2.75, 3.05) is 0 Å². The third-order valence-electron chi connectivity index (χ3n) is 1.84. The first-order valence-electron chi connectivity index (χ1n) is 3.38. The number of hydrogen-bond acceptors (Lipinski definition) is 3. The molecule has 0 fully saturated rings. The normalized spacial score (nSPS) is 21.2. The SMILES string of the molecule is CC(C)C1(C)N=COC=N1. The Kier molecular flexibility index (Phi) is 1.74. The van der Waals surface area contributed by atoms with Gasteiger partial charge in [0.05, 0.1) is 0 Å². The number of hydrogen-bond donors (Lipinski definition) is 0. The van der Waals surface area contributed by atoms with Crippen molar-refractivity contribution in [1.29, 1.82) is 0 Å². The van der Waals surface area contributed by atoms with E-state index >= 15 is 0 Å². The van der Waals surface area contributed by atoms with Crippen LogP contribution in [0.25, 0.3) is 0 Å². The van der Waals surface area contributed by atoms with E-state index < -0.39 is 0 Å². The van der Waals surface area contributed by atoms with Gasteiger partial charge < -0.3 is 4.74 Å². The second kappa shape index (κ2) is 2.40. The van der Waals surface area contributed by atoms with Crippen LogP contribution < -0.4 is 0 Å². The minimum atomic E-state index is -0.307. The largest absolute Gasteiger partial charge is 0.435 e. The first-order chi connectivity index (χ1) is 4.65. The van der Waals surface area contributed by atoms with E-state index in [-0.39, 0.29) is 5.66 Å². The highest BCUT2D eigenvalue weighted by atomic mass is 16.5. The Balaban J connectivity index is 2.75. The monoisotopic (exact) mass is 140 g/mol. The molecule has 0 spiro atoms. The summed E-state index contributed by atoms with van der Waals surface area (Å²) in [6, 6.07) is 0. The molecule has 1 heterocycles. The molecule has 0 saturated carbocycles. The zero-order valence-electron chi connectivity index (χ0n) is 6.53. The lowest BCUT2D eigenvalue weighted by Gasteiger charge is -2.25.